The van der Waals surface area contributed by atoms with Crippen LogP contribution < -0.4 is 0 Å². The number of carbonyl (C=O) groups is 3. The van der Waals surface area contributed by atoms with Crippen LogP contribution in [-0.2, 0) is 28.6 Å². The van der Waals surface area contributed by atoms with Crippen LogP contribution in [0.2, 0.25) is 0 Å². The van der Waals surface area contributed by atoms with Gasteiger partial charge in [-0.2, -0.15) is 0 Å². The van der Waals surface area contributed by atoms with Crippen molar-refractivity contribution >= 4 is 17.9 Å². The number of hydrogen-bond donors (Lipinski definition) is 0. The molecule has 0 rings (SSSR count). The van der Waals surface area contributed by atoms with Crippen LogP contribution in [0, 0.1) is 5.92 Å². The van der Waals surface area contributed by atoms with Crippen molar-refractivity contribution in [3.05, 3.63) is 0 Å². The van der Waals surface area contributed by atoms with Crippen molar-refractivity contribution in [1.82, 2.24) is 0 Å². The van der Waals surface area contributed by atoms with Crippen LogP contribution in [0.15, 0.2) is 0 Å². The van der Waals surface area contributed by atoms with E-state index in [1.165, 1.54) is 180 Å². The van der Waals surface area contributed by atoms with Crippen LogP contribution >= 0.6 is 0 Å². The molecule has 0 N–H and O–H groups in total. The van der Waals surface area contributed by atoms with Gasteiger partial charge in [-0.15, -0.1) is 0 Å². The third kappa shape index (κ3) is 43.8. The standard InChI is InChI=1S/C51H98O6/c1-5-8-10-12-14-16-18-19-20-22-28-32-36-40-44-51(54)57-48(45-55-49(52)42-38-34-30-26-21-17-15-13-11-9-6-2)46-56-50(53)43-39-35-31-27-24-23-25-29-33-37-41-47(4)7-3/h47-48H,5-46H2,1-4H3/t47?,48-/m0/s1. The molecular formula is C51H98O6. The Hall–Kier alpha value is -1.59. The van der Waals surface area contributed by atoms with Crippen LogP contribution in [0.3, 0.4) is 0 Å². The van der Waals surface area contributed by atoms with Crippen LogP contribution in [0.4, 0.5) is 0 Å². The van der Waals surface area contributed by atoms with E-state index in [9.17, 15) is 14.4 Å². The second-order valence-electron chi connectivity index (χ2n) is 17.7. The van der Waals surface area contributed by atoms with Gasteiger partial charge in [0.25, 0.3) is 0 Å². The number of rotatable bonds is 46. The highest BCUT2D eigenvalue weighted by atomic mass is 16.6. The van der Waals surface area contributed by atoms with E-state index < -0.39 is 6.10 Å². The minimum Gasteiger partial charge on any atom is -0.462 e. The van der Waals surface area contributed by atoms with E-state index in [0.29, 0.717) is 19.3 Å². The largest absolute Gasteiger partial charge is 0.462 e. The van der Waals surface area contributed by atoms with Gasteiger partial charge >= 0.3 is 17.9 Å². The molecule has 6 nitrogen and oxygen atoms in total. The molecule has 0 saturated carbocycles. The minimum atomic E-state index is -0.760. The summed E-state index contributed by atoms with van der Waals surface area (Å²) in [6.07, 6.45) is 46.4. The van der Waals surface area contributed by atoms with Crippen LogP contribution in [0.25, 0.3) is 0 Å². The Balaban J connectivity index is 4.32. The summed E-state index contributed by atoms with van der Waals surface area (Å²) in [6, 6.07) is 0. The molecule has 0 aromatic carbocycles. The molecule has 0 radical (unpaired) electrons. The van der Waals surface area contributed by atoms with E-state index in [1.54, 1.807) is 0 Å². The molecule has 0 saturated heterocycles. The van der Waals surface area contributed by atoms with Gasteiger partial charge in [0.05, 0.1) is 0 Å². The summed E-state index contributed by atoms with van der Waals surface area (Å²) in [5.41, 5.74) is 0. The van der Waals surface area contributed by atoms with Crippen LogP contribution in [0.1, 0.15) is 285 Å². The van der Waals surface area contributed by atoms with Crippen LogP contribution in [0.5, 0.6) is 0 Å². The van der Waals surface area contributed by atoms with Gasteiger partial charge in [-0.05, 0) is 25.2 Å². The third-order valence-electron chi connectivity index (χ3n) is 11.9. The lowest BCUT2D eigenvalue weighted by Gasteiger charge is -2.18. The zero-order valence-corrected chi connectivity index (χ0v) is 38.8. The fraction of sp³-hybridized carbons (Fsp3) is 0.941. The molecule has 0 spiro atoms. The summed E-state index contributed by atoms with van der Waals surface area (Å²) in [6.45, 7) is 9.04. The second-order valence-corrected chi connectivity index (χ2v) is 17.7. The zero-order chi connectivity index (χ0) is 41.7. The third-order valence-corrected chi connectivity index (χ3v) is 11.9. The Bertz CT molecular complexity index is 859. The van der Waals surface area contributed by atoms with E-state index in [1.807, 2.05) is 0 Å². The van der Waals surface area contributed by atoms with Crippen molar-refractivity contribution in [1.29, 1.82) is 0 Å². The highest BCUT2D eigenvalue weighted by Crippen LogP contribution is 2.17. The molecule has 0 aliphatic rings. The number of hydrogen-bond acceptors (Lipinski definition) is 6. The molecule has 2 atom stereocenters. The van der Waals surface area contributed by atoms with E-state index in [4.69, 9.17) is 14.2 Å². The quantitative estimate of drug-likeness (QED) is 0.0346. The van der Waals surface area contributed by atoms with Crippen molar-refractivity contribution < 1.29 is 28.6 Å². The van der Waals surface area contributed by atoms with Gasteiger partial charge in [-0.1, -0.05) is 246 Å². The van der Waals surface area contributed by atoms with Gasteiger partial charge in [-0.25, -0.2) is 0 Å². The van der Waals surface area contributed by atoms with E-state index in [0.717, 1.165) is 63.7 Å². The van der Waals surface area contributed by atoms with Gasteiger partial charge in [-0.3, -0.25) is 14.4 Å². The van der Waals surface area contributed by atoms with Crippen molar-refractivity contribution in [2.45, 2.75) is 291 Å². The maximum Gasteiger partial charge on any atom is 0.306 e. The summed E-state index contributed by atoms with van der Waals surface area (Å²) in [7, 11) is 0. The highest BCUT2D eigenvalue weighted by Gasteiger charge is 2.19. The summed E-state index contributed by atoms with van der Waals surface area (Å²) >= 11 is 0. The van der Waals surface area contributed by atoms with Gasteiger partial charge in [0, 0.05) is 19.3 Å². The fourth-order valence-electron chi connectivity index (χ4n) is 7.66. The Morgan fingerprint density at radius 3 is 0.912 bits per heavy atom. The van der Waals surface area contributed by atoms with Crippen molar-refractivity contribution in [2.24, 2.45) is 5.92 Å². The molecule has 6 heteroatoms. The molecule has 0 aromatic heterocycles. The predicted molar refractivity (Wildman–Crippen MR) is 243 cm³/mol. The Kier molecular flexibility index (Phi) is 44.2. The van der Waals surface area contributed by atoms with Crippen molar-refractivity contribution in [3.63, 3.8) is 0 Å². The number of ether oxygens (including phenoxy) is 3. The lowest BCUT2D eigenvalue weighted by atomic mass is 9.99. The minimum absolute atomic E-state index is 0.0630. The van der Waals surface area contributed by atoms with Gasteiger partial charge < -0.3 is 14.2 Å². The first-order chi connectivity index (χ1) is 27.9. The molecule has 0 aromatic rings. The molecule has 57 heavy (non-hydrogen) atoms. The zero-order valence-electron chi connectivity index (χ0n) is 38.8. The molecule has 0 fully saturated rings. The monoisotopic (exact) mass is 807 g/mol. The molecule has 0 aliphatic carbocycles. The van der Waals surface area contributed by atoms with Gasteiger partial charge in [0.2, 0.25) is 0 Å². The molecule has 0 heterocycles. The lowest BCUT2D eigenvalue weighted by molar-refractivity contribution is -0.167. The average molecular weight is 807 g/mol. The number of esters is 3. The second kappa shape index (κ2) is 45.5. The molecule has 0 bridgehead atoms. The average Bonchev–Trinajstić information content (AvgIpc) is 3.21. The van der Waals surface area contributed by atoms with Crippen molar-refractivity contribution in [3.8, 4) is 0 Å². The smallest absolute Gasteiger partial charge is 0.306 e. The molecule has 1 unspecified atom stereocenters. The maximum atomic E-state index is 12.8. The highest BCUT2D eigenvalue weighted by molar-refractivity contribution is 5.71. The fourth-order valence-corrected chi connectivity index (χ4v) is 7.66. The van der Waals surface area contributed by atoms with E-state index >= 15 is 0 Å². The first kappa shape index (κ1) is 55.4. The lowest BCUT2D eigenvalue weighted by Crippen LogP contribution is -2.30. The Labute approximate surface area is 355 Å². The van der Waals surface area contributed by atoms with E-state index in [-0.39, 0.29) is 31.1 Å². The Morgan fingerprint density at radius 1 is 0.351 bits per heavy atom. The van der Waals surface area contributed by atoms with Crippen molar-refractivity contribution in [2.75, 3.05) is 13.2 Å². The number of carbonyl (C=O) groups excluding carboxylic acids is 3. The topological polar surface area (TPSA) is 78.9 Å². The maximum absolute atomic E-state index is 12.8. The number of unbranched alkanes of at least 4 members (excludes halogenated alkanes) is 32. The van der Waals surface area contributed by atoms with Crippen LogP contribution in [-0.4, -0.2) is 37.2 Å². The van der Waals surface area contributed by atoms with E-state index in [2.05, 4.69) is 27.7 Å². The normalized spacial score (nSPS) is 12.4. The molecule has 338 valence electrons. The predicted octanol–water partition coefficient (Wildman–Crippen LogP) is 16.3. The first-order valence-corrected chi connectivity index (χ1v) is 25.4. The first-order valence-electron chi connectivity index (χ1n) is 25.4. The SMILES string of the molecule is CCCCCCCCCCCCCCCCC(=O)O[C@@H](COC(=O)CCCCCCCCCCCCC)COC(=O)CCCCCCCCCCCCC(C)CC. The summed E-state index contributed by atoms with van der Waals surface area (Å²) in [5.74, 6) is 0.0235. The molecule has 0 aliphatic heterocycles. The summed E-state index contributed by atoms with van der Waals surface area (Å²) in [5, 5.41) is 0. The van der Waals surface area contributed by atoms with Gasteiger partial charge in [0.15, 0.2) is 6.10 Å². The Morgan fingerprint density at radius 2 is 0.614 bits per heavy atom. The molecular weight excluding hydrogens is 709 g/mol. The molecule has 0 amide bonds. The summed E-state index contributed by atoms with van der Waals surface area (Å²) in [4.78, 5) is 37.9. The summed E-state index contributed by atoms with van der Waals surface area (Å²) < 4.78 is 16.8. The van der Waals surface area contributed by atoms with Gasteiger partial charge in [0.1, 0.15) is 13.2 Å².